The lowest BCUT2D eigenvalue weighted by molar-refractivity contribution is -0.0432. The smallest absolute Gasteiger partial charge is 0.280 e. The molecule has 5 aromatic rings. The summed E-state index contributed by atoms with van der Waals surface area (Å²) in [5.41, 5.74) is 2.65. The van der Waals surface area contributed by atoms with Crippen molar-refractivity contribution in [3.63, 3.8) is 0 Å². The third-order valence-corrected chi connectivity index (χ3v) is 7.73. The molecular weight excluding hydrogens is 536 g/mol. The van der Waals surface area contributed by atoms with Gasteiger partial charge in [0.05, 0.1) is 37.4 Å². The molecule has 8 rings (SSSR count). The van der Waals surface area contributed by atoms with Crippen LogP contribution in [0.25, 0.3) is 33.1 Å². The van der Waals surface area contributed by atoms with Crippen LogP contribution in [0.2, 0.25) is 0 Å². The molecule has 14 heteroatoms. The Morgan fingerprint density at radius 1 is 1.24 bits per heavy atom. The first-order valence-corrected chi connectivity index (χ1v) is 12.8. The van der Waals surface area contributed by atoms with Crippen LogP contribution >= 0.6 is 0 Å². The molecule has 5 heterocycles. The molecule has 3 aromatic heterocycles. The molecule has 0 radical (unpaired) electrons. The van der Waals surface area contributed by atoms with E-state index in [0.717, 1.165) is 11.1 Å². The summed E-state index contributed by atoms with van der Waals surface area (Å²) in [6.45, 7) is -0.299. The number of benzene rings is 2. The second-order valence-electron chi connectivity index (χ2n) is 9.93. The molecule has 2 aliphatic heterocycles. The summed E-state index contributed by atoms with van der Waals surface area (Å²) >= 11 is 0. The highest BCUT2D eigenvalue weighted by Crippen LogP contribution is 2.54. The van der Waals surface area contributed by atoms with Gasteiger partial charge in [0.25, 0.3) is 5.56 Å². The Labute approximate surface area is 229 Å². The Bertz CT molecular complexity index is 1990. The van der Waals surface area contributed by atoms with Crippen LogP contribution in [0.5, 0.6) is 23.1 Å². The Kier molecular flexibility index (Phi) is 4.98. The topological polar surface area (TPSA) is 189 Å². The van der Waals surface area contributed by atoms with Crippen molar-refractivity contribution in [1.82, 2.24) is 24.5 Å². The minimum absolute atomic E-state index is 0.0280. The molecule has 2 aromatic carbocycles. The maximum absolute atomic E-state index is 13.1. The molecule has 5 N–H and O–H groups in total. The van der Waals surface area contributed by atoms with E-state index in [-0.39, 0.29) is 42.8 Å². The van der Waals surface area contributed by atoms with Gasteiger partial charge in [0.2, 0.25) is 12.7 Å². The van der Waals surface area contributed by atoms with Gasteiger partial charge in [-0.15, -0.1) is 0 Å². The van der Waals surface area contributed by atoms with Gasteiger partial charge < -0.3 is 39.3 Å². The molecule has 14 nitrogen and oxygen atoms in total. The summed E-state index contributed by atoms with van der Waals surface area (Å²) in [5, 5.41) is 31.8. The zero-order chi connectivity index (χ0) is 28.0. The summed E-state index contributed by atoms with van der Waals surface area (Å²) in [4.78, 5) is 32.3. The number of imidazole rings is 1. The number of nitrogens with zero attached hydrogens (tertiary/aromatic N) is 4. The fourth-order valence-corrected chi connectivity index (χ4v) is 5.90. The summed E-state index contributed by atoms with van der Waals surface area (Å²) < 4.78 is 24.5. The molecule has 41 heavy (non-hydrogen) atoms. The van der Waals surface area contributed by atoms with E-state index in [1.165, 1.54) is 10.9 Å². The normalized spacial score (nSPS) is 21.7. The van der Waals surface area contributed by atoms with Gasteiger partial charge in [0.1, 0.15) is 23.8 Å². The number of hydrogen-bond donors (Lipinski definition) is 5. The summed E-state index contributed by atoms with van der Waals surface area (Å²) in [7, 11) is 1.54. The van der Waals surface area contributed by atoms with E-state index in [2.05, 4.69) is 19.9 Å². The predicted octanol–water partition coefficient (Wildman–Crippen LogP) is 1.83. The number of fused-ring (bicyclic) bond motifs is 5. The predicted molar refractivity (Wildman–Crippen MR) is 143 cm³/mol. The average molecular weight is 559 g/mol. The molecule has 3 aliphatic rings. The molecule has 0 unspecified atom stereocenters. The van der Waals surface area contributed by atoms with Crippen LogP contribution in [-0.2, 0) is 4.74 Å². The Morgan fingerprint density at radius 3 is 2.93 bits per heavy atom. The highest BCUT2D eigenvalue weighted by molar-refractivity contribution is 6.30. The van der Waals surface area contributed by atoms with Crippen LogP contribution in [0.4, 0.5) is 5.95 Å². The van der Waals surface area contributed by atoms with E-state index in [4.69, 9.17) is 23.9 Å². The number of aromatic hydroxyl groups is 1. The van der Waals surface area contributed by atoms with E-state index >= 15 is 0 Å². The number of hydrogen-bond acceptors (Lipinski definition) is 11. The van der Waals surface area contributed by atoms with Crippen molar-refractivity contribution < 1.29 is 34.3 Å². The van der Waals surface area contributed by atoms with Gasteiger partial charge in [0.15, 0.2) is 28.5 Å². The van der Waals surface area contributed by atoms with Crippen LogP contribution in [0, 0.1) is 0 Å². The standard InChI is InChI=1S/C27H22N6O8/c1-38-13-4-2-3-10-17(13)20(21-18-11(25(36)29-21)5-14-23(19(10)18)40-9-39-14)30-27-31-24-22(26(37)32-27)28-8-33(24)16-6-12(35)15(7-34)41-16/h2-5,8,12,15-16,29,34-36H,6-7,9H2,1H3,(H,31,32,37)/b30-20-/t12-,15+,16+/m0/s1. The van der Waals surface area contributed by atoms with E-state index in [1.54, 1.807) is 19.2 Å². The number of aliphatic imine (C=N–C) groups is 1. The minimum atomic E-state index is -0.880. The van der Waals surface area contributed by atoms with Crippen molar-refractivity contribution >= 4 is 33.6 Å². The van der Waals surface area contributed by atoms with Gasteiger partial charge in [-0.3, -0.25) is 14.3 Å². The van der Waals surface area contributed by atoms with Gasteiger partial charge >= 0.3 is 0 Å². The Morgan fingerprint density at radius 2 is 2.12 bits per heavy atom. The fraction of sp³-hybridized carbons (Fsp3) is 0.259. The zero-order valence-electron chi connectivity index (χ0n) is 21.4. The number of aromatic amines is 2. The van der Waals surface area contributed by atoms with Gasteiger partial charge in [-0.1, -0.05) is 12.1 Å². The number of H-pyrrole nitrogens is 2. The number of ether oxygens (including phenoxy) is 4. The number of methoxy groups -OCH3 is 1. The number of nitrogens with one attached hydrogen (secondary N) is 2. The van der Waals surface area contributed by atoms with Crippen molar-refractivity contribution in [2.75, 3.05) is 20.5 Å². The quantitative estimate of drug-likeness (QED) is 0.213. The van der Waals surface area contributed by atoms with E-state index in [0.29, 0.717) is 45.0 Å². The lowest BCUT2D eigenvalue weighted by Crippen LogP contribution is -2.24. The van der Waals surface area contributed by atoms with E-state index in [9.17, 15) is 20.1 Å². The third kappa shape index (κ3) is 3.29. The summed E-state index contributed by atoms with van der Waals surface area (Å²) in [6, 6.07) is 7.23. The number of aliphatic hydroxyl groups excluding tert-OH is 2. The molecule has 0 saturated carbocycles. The van der Waals surface area contributed by atoms with E-state index in [1.807, 2.05) is 12.1 Å². The molecular formula is C27H22N6O8. The minimum Gasteiger partial charge on any atom is -0.496 e. The summed E-state index contributed by atoms with van der Waals surface area (Å²) in [5.74, 6) is 1.44. The molecule has 1 fully saturated rings. The highest BCUT2D eigenvalue weighted by atomic mass is 16.7. The van der Waals surface area contributed by atoms with Crippen molar-refractivity contribution in [1.29, 1.82) is 0 Å². The molecule has 3 atom stereocenters. The SMILES string of the molecule is COc1cccc2c1/C(=N/c1nc3c(ncn3[C@H]3C[C@H](O)[C@@H](CO)O3)c(=O)[nH]1)c1[nH]c(O)c3cc4c(c-2c13)OCO4. The first-order valence-electron chi connectivity index (χ1n) is 12.8. The van der Waals surface area contributed by atoms with Crippen molar-refractivity contribution in [3.8, 4) is 34.3 Å². The second-order valence-corrected chi connectivity index (χ2v) is 9.93. The molecule has 0 spiro atoms. The first-order chi connectivity index (χ1) is 20.0. The van der Waals surface area contributed by atoms with Crippen molar-refractivity contribution in [2.24, 2.45) is 4.99 Å². The molecule has 0 bridgehead atoms. The maximum atomic E-state index is 13.1. The molecule has 1 aliphatic carbocycles. The maximum Gasteiger partial charge on any atom is 0.280 e. The highest BCUT2D eigenvalue weighted by Gasteiger charge is 2.37. The van der Waals surface area contributed by atoms with Crippen LogP contribution in [0.1, 0.15) is 23.9 Å². The Balaban J connectivity index is 1.37. The van der Waals surface area contributed by atoms with Crippen molar-refractivity contribution in [2.45, 2.75) is 24.9 Å². The van der Waals surface area contributed by atoms with Gasteiger partial charge in [-0.25, -0.2) is 9.98 Å². The summed E-state index contributed by atoms with van der Waals surface area (Å²) in [6.07, 6.45) is -0.732. The van der Waals surface area contributed by atoms with Gasteiger partial charge in [0, 0.05) is 22.8 Å². The lowest BCUT2D eigenvalue weighted by atomic mass is 9.85. The number of aromatic nitrogens is 5. The molecule has 1 saturated heterocycles. The van der Waals surface area contributed by atoms with Crippen molar-refractivity contribution in [3.05, 3.63) is 52.2 Å². The van der Waals surface area contributed by atoms with Gasteiger partial charge in [-0.2, -0.15) is 4.98 Å². The molecule has 0 amide bonds. The monoisotopic (exact) mass is 558 g/mol. The van der Waals surface area contributed by atoms with Crippen LogP contribution < -0.4 is 19.8 Å². The van der Waals surface area contributed by atoms with Crippen LogP contribution in [0.15, 0.2) is 40.4 Å². The second kappa shape index (κ2) is 8.54. The largest absolute Gasteiger partial charge is 0.496 e. The third-order valence-electron chi connectivity index (χ3n) is 7.73. The molecule has 208 valence electrons. The number of rotatable bonds is 4. The van der Waals surface area contributed by atoms with E-state index < -0.39 is 24.0 Å². The van der Waals surface area contributed by atoms with Crippen LogP contribution in [0.3, 0.4) is 0 Å². The Hall–Kier alpha value is -4.92. The first kappa shape index (κ1) is 23.9. The fourth-order valence-electron chi connectivity index (χ4n) is 5.90. The number of aliphatic hydroxyl groups is 2. The van der Waals surface area contributed by atoms with Gasteiger partial charge in [-0.05, 0) is 17.7 Å². The zero-order valence-corrected chi connectivity index (χ0v) is 21.4. The average Bonchev–Trinajstić information content (AvgIpc) is 3.76. The lowest BCUT2D eigenvalue weighted by Gasteiger charge is -2.22. The van der Waals surface area contributed by atoms with Crippen LogP contribution in [-0.4, -0.2) is 78.3 Å².